The van der Waals surface area contributed by atoms with Crippen LogP contribution in [0.1, 0.15) is 22.5 Å². The van der Waals surface area contributed by atoms with Crippen LogP contribution in [0.25, 0.3) is 21.8 Å². The Morgan fingerprint density at radius 1 is 0.909 bits per heavy atom. The fraction of sp³-hybridized carbons (Fsp3) is 0.167. The van der Waals surface area contributed by atoms with Gasteiger partial charge in [-0.1, -0.05) is 18.2 Å². The van der Waals surface area contributed by atoms with Crippen molar-refractivity contribution in [2.24, 2.45) is 0 Å². The van der Waals surface area contributed by atoms with Gasteiger partial charge in [0.15, 0.2) is 0 Å². The molecule has 0 unspecified atom stereocenters. The summed E-state index contributed by atoms with van der Waals surface area (Å²) in [6.45, 7) is 1.19. The first-order valence-corrected chi connectivity index (χ1v) is 13.7. The molecule has 1 amide bonds. The van der Waals surface area contributed by atoms with Crippen molar-refractivity contribution in [2.75, 3.05) is 18.4 Å². The maximum Gasteiger partial charge on any atom is 0.265 e. The number of amides is 1. The Morgan fingerprint density at radius 2 is 1.61 bits per heavy atom. The summed E-state index contributed by atoms with van der Waals surface area (Å²) < 4.78 is 27.0. The zero-order chi connectivity index (χ0) is 22.8. The smallest absolute Gasteiger partial charge is 0.265 e. The first kappa shape index (κ1) is 22.0. The van der Waals surface area contributed by atoms with Crippen molar-refractivity contribution in [2.45, 2.75) is 17.7 Å². The highest BCUT2D eigenvalue weighted by atomic mass is 32.2. The third kappa shape index (κ3) is 4.63. The number of thiophene rings is 1. The van der Waals surface area contributed by atoms with Crippen molar-refractivity contribution >= 4 is 44.3 Å². The second kappa shape index (κ2) is 9.18. The Morgan fingerprint density at radius 3 is 2.27 bits per heavy atom. The highest BCUT2D eigenvalue weighted by Gasteiger charge is 2.27. The maximum absolute atomic E-state index is 12.7. The number of benzene rings is 2. The number of thiazole rings is 1. The van der Waals surface area contributed by atoms with Gasteiger partial charge in [-0.15, -0.1) is 22.7 Å². The van der Waals surface area contributed by atoms with Crippen molar-refractivity contribution in [1.82, 2.24) is 9.29 Å². The van der Waals surface area contributed by atoms with Gasteiger partial charge in [0.1, 0.15) is 5.01 Å². The molecule has 1 aliphatic rings. The quantitative estimate of drug-likeness (QED) is 0.379. The van der Waals surface area contributed by atoms with Crippen molar-refractivity contribution < 1.29 is 13.2 Å². The van der Waals surface area contributed by atoms with E-state index in [0.29, 0.717) is 22.9 Å². The van der Waals surface area contributed by atoms with Gasteiger partial charge < -0.3 is 5.32 Å². The van der Waals surface area contributed by atoms with Crippen LogP contribution in [-0.2, 0) is 10.0 Å². The Labute approximate surface area is 200 Å². The minimum atomic E-state index is -3.42. The van der Waals surface area contributed by atoms with E-state index in [1.807, 2.05) is 53.2 Å². The number of sulfonamides is 1. The van der Waals surface area contributed by atoms with Gasteiger partial charge in [0, 0.05) is 35.3 Å². The molecule has 0 bridgehead atoms. The van der Waals surface area contributed by atoms with E-state index >= 15 is 0 Å². The molecule has 0 radical (unpaired) electrons. The summed E-state index contributed by atoms with van der Waals surface area (Å²) >= 11 is 2.93. The van der Waals surface area contributed by atoms with Crippen molar-refractivity contribution in [1.29, 1.82) is 0 Å². The van der Waals surface area contributed by atoms with Crippen molar-refractivity contribution in [3.63, 3.8) is 0 Å². The highest BCUT2D eigenvalue weighted by molar-refractivity contribution is 7.89. The molecule has 0 aliphatic carbocycles. The number of anilines is 1. The predicted octanol–water partition coefficient (Wildman–Crippen LogP) is 5.58. The average Bonchev–Trinajstić information content (AvgIpc) is 3.62. The SMILES string of the molecule is O=C(Nc1ccc(-c2nc(-c3ccc(S(=O)(=O)N4CCCC4)cc3)cs2)cc1)c1cccs1. The van der Waals surface area contributed by atoms with Gasteiger partial charge in [-0.3, -0.25) is 4.79 Å². The van der Waals surface area contributed by atoms with E-state index in [2.05, 4.69) is 5.32 Å². The van der Waals surface area contributed by atoms with E-state index in [1.54, 1.807) is 22.5 Å². The molecule has 9 heteroatoms. The van der Waals surface area contributed by atoms with E-state index in [-0.39, 0.29) is 5.91 Å². The number of hydrogen-bond donors (Lipinski definition) is 1. The lowest BCUT2D eigenvalue weighted by Crippen LogP contribution is -2.27. The number of aromatic nitrogens is 1. The normalized spacial score (nSPS) is 14.4. The Bertz CT molecular complexity index is 1350. The molecule has 2 aromatic heterocycles. The fourth-order valence-corrected chi connectivity index (χ4v) is 6.68. The molecule has 4 aromatic rings. The molecule has 1 fully saturated rings. The van der Waals surface area contributed by atoms with Crippen LogP contribution >= 0.6 is 22.7 Å². The van der Waals surface area contributed by atoms with Crippen LogP contribution in [-0.4, -0.2) is 36.7 Å². The molecular formula is C24H21N3O3S3. The van der Waals surface area contributed by atoms with Gasteiger partial charge >= 0.3 is 0 Å². The molecule has 1 saturated heterocycles. The van der Waals surface area contributed by atoms with Crippen molar-refractivity contribution in [3.05, 3.63) is 76.3 Å². The first-order chi connectivity index (χ1) is 16.0. The van der Waals surface area contributed by atoms with Crippen LogP contribution in [0, 0.1) is 0 Å². The lowest BCUT2D eigenvalue weighted by Gasteiger charge is -2.15. The Balaban J connectivity index is 1.29. The molecule has 2 aromatic carbocycles. The van der Waals surface area contributed by atoms with Crippen molar-refractivity contribution in [3.8, 4) is 21.8 Å². The van der Waals surface area contributed by atoms with Gasteiger partial charge in [0.2, 0.25) is 10.0 Å². The van der Waals surface area contributed by atoms with Crippen LogP contribution in [0.4, 0.5) is 5.69 Å². The number of nitrogens with zero attached hydrogens (tertiary/aromatic N) is 2. The van der Waals surface area contributed by atoms with Gasteiger partial charge in [0.05, 0.1) is 15.5 Å². The molecular weight excluding hydrogens is 474 g/mol. The summed E-state index contributed by atoms with van der Waals surface area (Å²) in [6.07, 6.45) is 1.84. The standard InChI is InChI=1S/C24H21N3O3S3/c28-23(22-4-3-15-31-22)25-19-9-5-18(6-10-19)24-26-21(16-32-24)17-7-11-20(12-8-17)33(29,30)27-13-1-2-14-27/h3-12,15-16H,1-2,13-14H2,(H,25,28). The van der Waals surface area contributed by atoms with Gasteiger partial charge in [-0.05, 0) is 60.7 Å². The Kier molecular flexibility index (Phi) is 6.11. The summed E-state index contributed by atoms with van der Waals surface area (Å²) in [6, 6.07) is 18.2. The molecule has 3 heterocycles. The van der Waals surface area contributed by atoms with E-state index in [9.17, 15) is 13.2 Å². The van der Waals surface area contributed by atoms with Gasteiger partial charge in [0.25, 0.3) is 5.91 Å². The summed E-state index contributed by atoms with van der Waals surface area (Å²) in [5.74, 6) is -0.121. The molecule has 33 heavy (non-hydrogen) atoms. The molecule has 5 rings (SSSR count). The van der Waals surface area contributed by atoms with Crippen LogP contribution < -0.4 is 5.32 Å². The topological polar surface area (TPSA) is 79.4 Å². The van der Waals surface area contributed by atoms with E-state index in [0.717, 1.165) is 40.4 Å². The third-order valence-corrected chi connectivity index (χ3v) is 9.16. The molecule has 0 spiro atoms. The zero-order valence-corrected chi connectivity index (χ0v) is 20.1. The van der Waals surface area contributed by atoms with Gasteiger partial charge in [-0.2, -0.15) is 4.31 Å². The molecule has 0 saturated carbocycles. The monoisotopic (exact) mass is 495 g/mol. The molecule has 0 atom stereocenters. The predicted molar refractivity (Wildman–Crippen MR) is 133 cm³/mol. The fourth-order valence-electron chi connectivity index (χ4n) is 3.71. The summed E-state index contributed by atoms with van der Waals surface area (Å²) in [5.41, 5.74) is 3.35. The summed E-state index contributed by atoms with van der Waals surface area (Å²) in [5, 5.41) is 7.59. The van der Waals surface area contributed by atoms with Crippen LogP contribution in [0.5, 0.6) is 0 Å². The van der Waals surface area contributed by atoms with Crippen LogP contribution in [0.3, 0.4) is 0 Å². The largest absolute Gasteiger partial charge is 0.321 e. The minimum absolute atomic E-state index is 0.121. The highest BCUT2D eigenvalue weighted by Crippen LogP contribution is 2.31. The van der Waals surface area contributed by atoms with Crippen LogP contribution in [0.2, 0.25) is 0 Å². The van der Waals surface area contributed by atoms with Crippen LogP contribution in [0.15, 0.2) is 76.3 Å². The first-order valence-electron chi connectivity index (χ1n) is 10.5. The number of carbonyl (C=O) groups is 1. The second-order valence-corrected chi connectivity index (χ2v) is 11.4. The lowest BCUT2D eigenvalue weighted by atomic mass is 10.2. The molecule has 6 nitrogen and oxygen atoms in total. The zero-order valence-electron chi connectivity index (χ0n) is 17.6. The number of carbonyl (C=O) groups excluding carboxylic acids is 1. The number of nitrogens with one attached hydrogen (secondary N) is 1. The Hall–Kier alpha value is -2.85. The average molecular weight is 496 g/mol. The summed E-state index contributed by atoms with van der Waals surface area (Å²) in [4.78, 5) is 17.9. The summed E-state index contributed by atoms with van der Waals surface area (Å²) in [7, 11) is -3.42. The maximum atomic E-state index is 12.7. The number of hydrogen-bond acceptors (Lipinski definition) is 6. The van der Waals surface area contributed by atoms with Gasteiger partial charge in [-0.25, -0.2) is 13.4 Å². The minimum Gasteiger partial charge on any atom is -0.321 e. The lowest BCUT2D eigenvalue weighted by molar-refractivity contribution is 0.103. The van der Waals surface area contributed by atoms with E-state index in [1.165, 1.54) is 22.7 Å². The second-order valence-electron chi connectivity index (χ2n) is 7.68. The van der Waals surface area contributed by atoms with E-state index in [4.69, 9.17) is 4.98 Å². The molecule has 168 valence electrons. The van der Waals surface area contributed by atoms with E-state index < -0.39 is 10.0 Å². The molecule has 1 aliphatic heterocycles. The third-order valence-electron chi connectivity index (χ3n) is 5.49. The number of rotatable bonds is 6. The molecule has 1 N–H and O–H groups in total.